The first-order valence-corrected chi connectivity index (χ1v) is 4.13. The molecule has 1 rings (SSSR count). The number of nitrogens with zero attached hydrogens (tertiary/aromatic N) is 3. The van der Waals surface area contributed by atoms with Gasteiger partial charge in [0.1, 0.15) is 11.4 Å². The lowest BCUT2D eigenvalue weighted by atomic mass is 10.4. The van der Waals surface area contributed by atoms with Crippen molar-refractivity contribution in [2.45, 2.75) is 0 Å². The maximum Gasteiger partial charge on any atom is 0.323 e. The molecule has 13 heavy (non-hydrogen) atoms. The molecule has 0 aliphatic carbocycles. The third kappa shape index (κ3) is 2.48. The minimum atomic E-state index is -1.05. The number of carboxylic acid groups (broad SMARTS) is 1. The van der Waals surface area contributed by atoms with Crippen LogP contribution in [0.15, 0.2) is 6.20 Å². The van der Waals surface area contributed by atoms with Gasteiger partial charge in [-0.15, -0.1) is 5.10 Å². The summed E-state index contributed by atoms with van der Waals surface area (Å²) in [5.74, 6) is -1.43. The Hall–Kier alpha value is -1.50. The highest BCUT2D eigenvalue weighted by atomic mass is 32.1. The summed E-state index contributed by atoms with van der Waals surface area (Å²) in [5, 5.41) is 11.9. The van der Waals surface area contributed by atoms with Gasteiger partial charge in [0.15, 0.2) is 0 Å². The van der Waals surface area contributed by atoms with E-state index in [-0.39, 0.29) is 12.5 Å². The largest absolute Gasteiger partial charge is 0.480 e. The third-order valence-electron chi connectivity index (χ3n) is 1.29. The zero-order valence-electron chi connectivity index (χ0n) is 6.80. The van der Waals surface area contributed by atoms with E-state index in [0.717, 1.165) is 16.4 Å². The molecule has 0 atom stereocenters. The van der Waals surface area contributed by atoms with Crippen LogP contribution < -0.4 is 0 Å². The fourth-order valence-corrected chi connectivity index (χ4v) is 1.23. The molecule has 1 aromatic rings. The quantitative estimate of drug-likeness (QED) is 0.725. The van der Waals surface area contributed by atoms with Gasteiger partial charge in [-0.2, -0.15) is 0 Å². The smallest absolute Gasteiger partial charge is 0.323 e. The second-order valence-electron chi connectivity index (χ2n) is 2.34. The van der Waals surface area contributed by atoms with Crippen LogP contribution in [-0.4, -0.2) is 45.1 Å². The number of aliphatic carboxylic acids is 1. The molecule has 0 saturated heterocycles. The van der Waals surface area contributed by atoms with Crippen molar-refractivity contribution >= 4 is 23.4 Å². The fourth-order valence-electron chi connectivity index (χ4n) is 0.724. The molecule has 1 amide bonds. The lowest BCUT2D eigenvalue weighted by Gasteiger charge is -2.11. The Morgan fingerprint density at radius 2 is 2.38 bits per heavy atom. The lowest BCUT2D eigenvalue weighted by Crippen LogP contribution is -2.31. The number of hydrogen-bond donors (Lipinski definition) is 1. The summed E-state index contributed by atoms with van der Waals surface area (Å²) in [7, 11) is 1.41. The number of rotatable bonds is 3. The van der Waals surface area contributed by atoms with E-state index in [1.54, 1.807) is 0 Å². The van der Waals surface area contributed by atoms with Crippen LogP contribution in [-0.2, 0) is 4.79 Å². The van der Waals surface area contributed by atoms with Crippen molar-refractivity contribution in [2.75, 3.05) is 13.6 Å². The number of aromatic nitrogens is 2. The monoisotopic (exact) mass is 201 g/mol. The topological polar surface area (TPSA) is 83.4 Å². The SMILES string of the molecule is CN(CC(=O)O)C(=O)c1cnns1. The van der Waals surface area contributed by atoms with E-state index in [9.17, 15) is 9.59 Å². The molecule has 0 saturated carbocycles. The Morgan fingerprint density at radius 1 is 1.69 bits per heavy atom. The van der Waals surface area contributed by atoms with E-state index in [2.05, 4.69) is 9.59 Å². The highest BCUT2D eigenvalue weighted by Crippen LogP contribution is 2.05. The summed E-state index contributed by atoms with van der Waals surface area (Å²) >= 11 is 0.941. The molecule has 0 radical (unpaired) electrons. The molecule has 6 nitrogen and oxygen atoms in total. The first-order valence-electron chi connectivity index (χ1n) is 3.36. The van der Waals surface area contributed by atoms with Gasteiger partial charge in [0, 0.05) is 7.05 Å². The van der Waals surface area contributed by atoms with Crippen molar-refractivity contribution in [2.24, 2.45) is 0 Å². The average molecular weight is 201 g/mol. The van der Waals surface area contributed by atoms with Gasteiger partial charge in [-0.25, -0.2) is 0 Å². The predicted molar refractivity (Wildman–Crippen MR) is 44.5 cm³/mol. The van der Waals surface area contributed by atoms with Crippen LogP contribution in [0.1, 0.15) is 9.67 Å². The van der Waals surface area contributed by atoms with Crippen LogP contribution in [0.5, 0.6) is 0 Å². The molecule has 0 unspecified atom stereocenters. The van der Waals surface area contributed by atoms with Crippen molar-refractivity contribution in [3.63, 3.8) is 0 Å². The Morgan fingerprint density at radius 3 is 2.85 bits per heavy atom. The molecule has 7 heteroatoms. The second-order valence-corrected chi connectivity index (χ2v) is 3.12. The van der Waals surface area contributed by atoms with Crippen molar-refractivity contribution < 1.29 is 14.7 Å². The van der Waals surface area contributed by atoms with Crippen LogP contribution in [0.3, 0.4) is 0 Å². The van der Waals surface area contributed by atoms with E-state index in [1.807, 2.05) is 0 Å². The third-order valence-corrected chi connectivity index (χ3v) is 1.94. The number of carbonyl (C=O) groups is 2. The van der Waals surface area contributed by atoms with Gasteiger partial charge < -0.3 is 10.0 Å². The Bertz CT molecular complexity index is 311. The second kappa shape index (κ2) is 3.94. The zero-order chi connectivity index (χ0) is 9.84. The first-order chi connectivity index (χ1) is 6.11. The first kappa shape index (κ1) is 9.59. The van der Waals surface area contributed by atoms with Gasteiger partial charge in [-0.3, -0.25) is 9.59 Å². The zero-order valence-corrected chi connectivity index (χ0v) is 7.61. The van der Waals surface area contributed by atoms with Crippen molar-refractivity contribution in [3.05, 3.63) is 11.1 Å². The van der Waals surface area contributed by atoms with E-state index < -0.39 is 5.97 Å². The summed E-state index contributed by atoms with van der Waals surface area (Å²) < 4.78 is 3.50. The highest BCUT2D eigenvalue weighted by Gasteiger charge is 2.15. The van der Waals surface area contributed by atoms with Gasteiger partial charge in [-0.1, -0.05) is 4.49 Å². The number of amides is 1. The molecular formula is C6H7N3O3S. The van der Waals surface area contributed by atoms with Crippen LogP contribution in [0.2, 0.25) is 0 Å². The molecule has 1 N–H and O–H groups in total. The molecular weight excluding hydrogens is 194 g/mol. The number of likely N-dealkylation sites (N-methyl/N-ethyl adjacent to an activating group) is 1. The summed E-state index contributed by atoms with van der Waals surface area (Å²) in [6.45, 7) is -0.323. The normalized spacial score (nSPS) is 9.62. The minimum Gasteiger partial charge on any atom is -0.480 e. The van der Waals surface area contributed by atoms with Crippen LogP contribution in [0.4, 0.5) is 0 Å². The Kier molecular flexibility index (Phi) is 2.91. The Balaban J connectivity index is 2.63. The van der Waals surface area contributed by atoms with Gasteiger partial charge in [0.05, 0.1) is 6.20 Å². The highest BCUT2D eigenvalue weighted by molar-refractivity contribution is 7.07. The molecule has 70 valence electrons. The van der Waals surface area contributed by atoms with Crippen LogP contribution >= 0.6 is 11.5 Å². The number of carboxylic acids is 1. The number of carbonyl (C=O) groups excluding carboxylic acids is 1. The minimum absolute atomic E-state index is 0.323. The summed E-state index contributed by atoms with van der Waals surface area (Å²) in [6, 6.07) is 0. The summed E-state index contributed by atoms with van der Waals surface area (Å²) in [6.07, 6.45) is 1.31. The molecule has 1 heterocycles. The van der Waals surface area contributed by atoms with Crippen molar-refractivity contribution in [1.82, 2.24) is 14.5 Å². The maximum absolute atomic E-state index is 11.3. The van der Waals surface area contributed by atoms with Gasteiger partial charge in [0.25, 0.3) is 5.91 Å². The molecule has 0 aliphatic heterocycles. The standard InChI is InChI=1S/C6H7N3O3S/c1-9(3-5(10)11)6(12)4-2-7-8-13-4/h2H,3H2,1H3,(H,10,11). The van der Waals surface area contributed by atoms with Crippen molar-refractivity contribution in [3.8, 4) is 0 Å². The predicted octanol–water partition coefficient (Wildman–Crippen LogP) is -0.305. The Labute approximate surface area is 78.0 Å². The molecule has 0 aromatic carbocycles. The maximum atomic E-state index is 11.3. The van der Waals surface area contributed by atoms with E-state index >= 15 is 0 Å². The fraction of sp³-hybridized carbons (Fsp3) is 0.333. The molecule has 1 aromatic heterocycles. The molecule has 0 bridgehead atoms. The van der Waals surface area contributed by atoms with Gasteiger partial charge in [-0.05, 0) is 11.5 Å². The van der Waals surface area contributed by atoms with Crippen molar-refractivity contribution in [1.29, 1.82) is 0 Å². The van der Waals surface area contributed by atoms with Crippen LogP contribution in [0, 0.1) is 0 Å². The molecule has 0 fully saturated rings. The number of hydrogen-bond acceptors (Lipinski definition) is 5. The van der Waals surface area contributed by atoms with Crippen LogP contribution in [0.25, 0.3) is 0 Å². The molecule has 0 spiro atoms. The van der Waals surface area contributed by atoms with Gasteiger partial charge >= 0.3 is 5.97 Å². The molecule has 0 aliphatic rings. The average Bonchev–Trinajstić information content (AvgIpc) is 2.53. The van der Waals surface area contributed by atoms with E-state index in [0.29, 0.717) is 4.88 Å². The van der Waals surface area contributed by atoms with Gasteiger partial charge in [0.2, 0.25) is 0 Å². The summed E-state index contributed by atoms with van der Waals surface area (Å²) in [5.41, 5.74) is 0. The van der Waals surface area contributed by atoms with E-state index in [1.165, 1.54) is 13.2 Å². The summed E-state index contributed by atoms with van der Waals surface area (Å²) in [4.78, 5) is 23.0. The lowest BCUT2D eigenvalue weighted by molar-refractivity contribution is -0.137. The van der Waals surface area contributed by atoms with E-state index in [4.69, 9.17) is 5.11 Å².